The Hall–Kier alpha value is -10.5. The van der Waals surface area contributed by atoms with Crippen LogP contribution in [0.5, 0.6) is 0 Å². The first-order chi connectivity index (χ1) is 65.0. The third-order valence-corrected chi connectivity index (χ3v) is 22.6. The van der Waals surface area contributed by atoms with E-state index in [1.807, 2.05) is 16.0 Å². The molecule has 0 saturated carbocycles. The van der Waals surface area contributed by atoms with Gasteiger partial charge in [0.2, 0.25) is 23.8 Å². The molecule has 714 valence electrons. The van der Waals surface area contributed by atoms with Gasteiger partial charge in [0.25, 0.3) is 65.0 Å². The van der Waals surface area contributed by atoms with Gasteiger partial charge < -0.3 is 95.8 Å². The van der Waals surface area contributed by atoms with Crippen LogP contribution in [0, 0.1) is 0 Å². The monoisotopic (exact) mass is 2090 g/mol. The van der Waals surface area contributed by atoms with Crippen molar-refractivity contribution in [3.8, 4) is 0 Å². The maximum atomic E-state index is 14.9. The molecule has 17 N–H and O–H groups in total. The largest absolute Gasteiger partial charge is 1.00 e. The van der Waals surface area contributed by atoms with Gasteiger partial charge in [-0.05, 0) is 84.9 Å². The molecule has 0 radical (unpaired) electrons. The maximum absolute atomic E-state index is 14.9. The number of aromatic nitrogens is 8. The number of rotatable bonds is 44. The molecule has 7 aromatic carbocycles. The zero-order valence-corrected chi connectivity index (χ0v) is 86.4. The Morgan fingerprint density at radius 1 is 0.277 bits per heavy atom. The Morgan fingerprint density at radius 2 is 0.475 bits per heavy atom. The van der Waals surface area contributed by atoms with E-state index in [9.17, 15) is 119 Å². The molecule has 0 bridgehead atoms. The first kappa shape index (κ1) is 117. The van der Waals surface area contributed by atoms with E-state index in [-0.39, 0.29) is 157 Å². The number of nitrogen functional groups attached to an aromatic ring is 1. The van der Waals surface area contributed by atoms with Crippen molar-refractivity contribution in [1.82, 2.24) is 39.9 Å². The van der Waals surface area contributed by atoms with Crippen molar-refractivity contribution in [2.45, 2.75) is 24.4 Å². The third-order valence-electron chi connectivity index (χ3n) is 17.0. The van der Waals surface area contributed by atoms with Gasteiger partial charge in [-0.1, -0.05) is 127 Å². The minimum absolute atomic E-state index is 0. The first-order valence-electron chi connectivity index (χ1n) is 38.4. The van der Waals surface area contributed by atoms with Gasteiger partial charge in [-0.15, -0.1) is 0 Å². The number of carbonyl (C=O) groups excluding carboxylic acids is 11. The molecular formula is C77H68N20Na4O34P6. The molecule has 4 aromatic heterocycles. The number of hydrogen-bond acceptors (Lipinski definition) is 39. The van der Waals surface area contributed by atoms with Gasteiger partial charge in [-0.25, -0.2) is 38.2 Å². The van der Waals surface area contributed by atoms with E-state index in [2.05, 4.69) is 95.8 Å². The Balaban J connectivity index is 0.00000675. The van der Waals surface area contributed by atoms with Crippen molar-refractivity contribution in [3.63, 3.8) is 0 Å². The SMILES string of the molecule is Nc1nc(NC(=O)c2ccccc2)ncc1NC(=O)[C@@H](COP(=O)(O)O[C@H](COP(=O)(O)O[C@H](COP(=O)([O-])[O-])C(=O)Nc1cnc(NC(=O)c2ccccc2)nc1NC(=O)c1ccccc1)C(=O)Nc1cnc(NC(=O)c2ccccc2)nc1NC(=O)c1ccccc1)OP(=O)(O)OC[C@@H](OP(=O)(O)OP(=O)([O-])[O-])C(=O)Nc1cnc(NC(=O)c2ccccc2)nc1NC(=O)c1ccccc1.[Na+].[Na+].[Na+].[Na+]. The molecule has 0 spiro atoms. The van der Waals surface area contributed by atoms with E-state index in [0.29, 0.717) is 18.6 Å². The first-order valence-corrected chi connectivity index (χ1v) is 47.3. The second-order valence-electron chi connectivity index (χ2n) is 27.0. The van der Waals surface area contributed by atoms with Gasteiger partial charge in [0.1, 0.15) is 22.7 Å². The number of hydrogen-bond donors (Lipinski definition) is 16. The van der Waals surface area contributed by atoms with Crippen LogP contribution in [0.3, 0.4) is 0 Å². The van der Waals surface area contributed by atoms with Gasteiger partial charge in [0.05, 0.1) is 66.9 Å². The summed E-state index contributed by atoms with van der Waals surface area (Å²) >= 11 is 0. The van der Waals surface area contributed by atoms with Gasteiger partial charge in [-0.3, -0.25) is 110 Å². The fraction of sp³-hybridized carbons (Fsp3) is 0.104. The molecule has 0 saturated heterocycles. The molecule has 4 unspecified atom stereocenters. The molecule has 8 atom stereocenters. The fourth-order valence-corrected chi connectivity index (χ4v) is 15.3. The van der Waals surface area contributed by atoms with Gasteiger partial charge in [-0.2, -0.15) is 19.9 Å². The van der Waals surface area contributed by atoms with Crippen molar-refractivity contribution < 1.29 is 278 Å². The summed E-state index contributed by atoms with van der Waals surface area (Å²) in [6, 6.07) is 50.3. The average molecular weight is 2100 g/mol. The molecule has 0 aliphatic carbocycles. The Bertz CT molecular complexity index is 6640. The summed E-state index contributed by atoms with van der Waals surface area (Å²) in [7, 11) is -38.9. The number of phosphoric acid groups is 6. The fourth-order valence-electron chi connectivity index (χ4n) is 10.8. The maximum Gasteiger partial charge on any atom is 1.00 e. The second-order valence-corrected chi connectivity index (χ2v) is 35.0. The van der Waals surface area contributed by atoms with Crippen LogP contribution in [0.1, 0.15) is 72.5 Å². The molecular weight excluding hydrogens is 2030 g/mol. The van der Waals surface area contributed by atoms with Crippen LogP contribution in [0.4, 0.5) is 69.8 Å². The van der Waals surface area contributed by atoms with Gasteiger partial charge in [0.15, 0.2) is 47.7 Å². The van der Waals surface area contributed by atoms with Crippen LogP contribution in [-0.2, 0) is 87.1 Å². The van der Waals surface area contributed by atoms with E-state index in [1.54, 1.807) is 24.3 Å². The topological polar surface area (TPSA) is 808 Å². The number of amides is 11. The summed E-state index contributed by atoms with van der Waals surface area (Å²) in [5.74, 6) is -19.1. The van der Waals surface area contributed by atoms with Crippen LogP contribution < -0.4 is 202 Å². The summed E-state index contributed by atoms with van der Waals surface area (Å²) < 4.78 is 123. The molecule has 4 heterocycles. The Kier molecular flexibility index (Phi) is 45.2. The number of benzene rings is 7. The van der Waals surface area contributed by atoms with Crippen molar-refractivity contribution in [1.29, 1.82) is 0 Å². The summed E-state index contributed by atoms with van der Waals surface area (Å²) in [5.41, 5.74) is 3.13. The number of anilines is 12. The number of nitrogens with two attached hydrogens (primary N) is 1. The minimum Gasteiger partial charge on any atom is -0.790 e. The van der Waals surface area contributed by atoms with Crippen LogP contribution in [-0.4, -0.2) is 175 Å². The quantitative estimate of drug-likeness (QED) is 0.0125. The van der Waals surface area contributed by atoms with Crippen molar-refractivity contribution >= 4 is 182 Å². The van der Waals surface area contributed by atoms with E-state index in [0.717, 1.165) is 6.20 Å². The summed E-state index contributed by atoms with van der Waals surface area (Å²) in [4.78, 5) is 277. The van der Waals surface area contributed by atoms with E-state index in [1.165, 1.54) is 188 Å². The van der Waals surface area contributed by atoms with Gasteiger partial charge >= 0.3 is 150 Å². The molecule has 54 nitrogen and oxygen atoms in total. The number of nitrogens with zero attached hydrogens (tertiary/aromatic N) is 8. The number of phosphoric ester groups is 5. The third kappa shape index (κ3) is 38.0. The Labute approximate surface area is 882 Å². The summed E-state index contributed by atoms with van der Waals surface area (Å²) in [6.45, 7) is -7.99. The minimum atomic E-state index is -6.65. The zero-order chi connectivity index (χ0) is 98.8. The Morgan fingerprint density at radius 3 is 0.695 bits per heavy atom. The number of carbonyl (C=O) groups is 11. The second kappa shape index (κ2) is 54.3. The molecule has 0 fully saturated rings. The van der Waals surface area contributed by atoms with Crippen molar-refractivity contribution in [3.05, 3.63) is 276 Å². The average Bonchev–Trinajstić information content (AvgIpc) is 0.824. The number of nitrogens with one attached hydrogen (secondary N) is 11. The van der Waals surface area contributed by atoms with Crippen molar-refractivity contribution in [2.24, 2.45) is 0 Å². The molecule has 11 rings (SSSR count). The molecule has 141 heavy (non-hydrogen) atoms. The molecule has 11 aromatic rings. The van der Waals surface area contributed by atoms with E-state index >= 15 is 0 Å². The predicted octanol–water partition coefficient (Wildman–Crippen LogP) is -7.25. The van der Waals surface area contributed by atoms with Crippen LogP contribution in [0.15, 0.2) is 237 Å². The standard InChI is InChI=1S/C77H72N20O34P6.4Na/c78-59-51(36-79-74(87-59)94-66(101)47-28-14-4-15-29-47)83-70(105)56(128-136(119,120)126-43-58(130-137(121,122)131-133(112,113)114)73(108)86-54-39-82-77(97-69(104)50-34-20-7-21-35-50)93-62(54)90-65(100)46-26-12-3-13-27-46)41-124-135(117,118)129-57(72(107)85-53-38-81-76(96-68(103)49-32-18-6-19-33-49)92-61(53)89-64(99)45-24-10-2-11-25-45)42-125-134(115,116)127-55(40-123-132(109,110)111)71(106)84-52-37-80-75(95-67(102)48-30-16-5-17-31-48)91-60(52)88-63(98)44-22-8-1-9-23-44;;;;/h1-39,55-58H,40-43H2,(H,83,105)(H,84,106)(H,85,107)(H,86,108)(H,115,116)(H,117,118)(H,119,120)(H,121,122)(H2,109,110,111)(H2,112,113,114)(H3,78,79,87,94,101)(H2,80,88,91,95,98,102)(H2,81,89,92,96,99,103)(H2,82,90,93,97,100,104);;;;/q;4*+1/p-4/t55-,56-,57-,58-;;;;/m1..../s1. The smallest absolute Gasteiger partial charge is 0.790 e. The van der Waals surface area contributed by atoms with Crippen LogP contribution in [0.2, 0.25) is 0 Å². The van der Waals surface area contributed by atoms with Gasteiger partial charge in [0, 0.05) is 38.9 Å². The summed E-state index contributed by atoms with van der Waals surface area (Å²) in [6.07, 6.45) is -9.48. The molecule has 0 aliphatic rings. The molecule has 11 amide bonds. The molecule has 64 heteroatoms. The van der Waals surface area contributed by atoms with Crippen LogP contribution in [0.25, 0.3) is 0 Å². The summed E-state index contributed by atoms with van der Waals surface area (Å²) in [5, 5.41) is 24.3. The van der Waals surface area contributed by atoms with Crippen molar-refractivity contribution in [2.75, 3.05) is 90.6 Å². The van der Waals surface area contributed by atoms with E-state index < -0.39 is 233 Å². The molecule has 0 aliphatic heterocycles. The zero-order valence-electron chi connectivity index (χ0n) is 73.0. The normalized spacial score (nSPS) is 13.6. The van der Waals surface area contributed by atoms with Crippen LogP contribution >= 0.6 is 46.9 Å². The predicted molar refractivity (Wildman–Crippen MR) is 467 cm³/mol. The van der Waals surface area contributed by atoms with E-state index in [4.69, 9.17) is 32.9 Å².